The predicted molar refractivity (Wildman–Crippen MR) is 63.5 cm³/mol. The molecule has 6 heteroatoms. The van der Waals surface area contributed by atoms with E-state index in [0.717, 1.165) is 6.42 Å². The fourth-order valence-corrected chi connectivity index (χ4v) is 2.63. The molecule has 0 aromatic carbocycles. The normalized spacial score (nSPS) is 19.4. The Bertz CT molecular complexity index is 405. The van der Waals surface area contributed by atoms with Crippen molar-refractivity contribution in [2.75, 3.05) is 13.7 Å². The van der Waals surface area contributed by atoms with Crippen LogP contribution in [0.4, 0.5) is 0 Å². The Morgan fingerprint density at radius 1 is 1.59 bits per heavy atom. The number of hydrogen-bond donors (Lipinski definition) is 1. The number of amides is 2. The summed E-state index contributed by atoms with van der Waals surface area (Å²) in [6.07, 6.45) is 1.53. The summed E-state index contributed by atoms with van der Waals surface area (Å²) < 4.78 is 0. The van der Waals surface area contributed by atoms with Gasteiger partial charge in [-0.2, -0.15) is 11.3 Å². The Morgan fingerprint density at radius 2 is 2.41 bits per heavy atom. The standard InChI is InChI=1S/C11H14N2O3S/c1-16-12-10(14)9-3-2-5-13(9)11(15)8-4-6-17-7-8/h4,6-7,9H,2-3,5H2,1H3,(H,12,14)/t9-/m0/s1. The second-order valence-electron chi connectivity index (χ2n) is 3.84. The zero-order chi connectivity index (χ0) is 12.3. The van der Waals surface area contributed by atoms with Crippen LogP contribution in [0.2, 0.25) is 0 Å². The Morgan fingerprint density at radius 3 is 3.06 bits per heavy atom. The smallest absolute Gasteiger partial charge is 0.266 e. The molecule has 1 saturated heterocycles. The number of hydrogen-bond acceptors (Lipinski definition) is 4. The van der Waals surface area contributed by atoms with E-state index < -0.39 is 6.04 Å². The molecule has 0 radical (unpaired) electrons. The number of hydroxylamine groups is 1. The number of rotatable bonds is 3. The molecule has 5 nitrogen and oxygen atoms in total. The summed E-state index contributed by atoms with van der Waals surface area (Å²) in [6.45, 7) is 0.622. The van der Waals surface area contributed by atoms with Gasteiger partial charge in [-0.15, -0.1) is 0 Å². The summed E-state index contributed by atoms with van der Waals surface area (Å²) in [5, 5.41) is 3.65. The zero-order valence-electron chi connectivity index (χ0n) is 9.51. The van der Waals surface area contributed by atoms with Gasteiger partial charge in [-0.1, -0.05) is 0 Å². The molecule has 1 aliphatic heterocycles. The van der Waals surface area contributed by atoms with Crippen LogP contribution < -0.4 is 5.48 Å². The van der Waals surface area contributed by atoms with Gasteiger partial charge in [-0.3, -0.25) is 14.4 Å². The van der Waals surface area contributed by atoms with E-state index in [1.807, 2.05) is 5.38 Å². The van der Waals surface area contributed by atoms with Gasteiger partial charge in [0.25, 0.3) is 11.8 Å². The van der Waals surface area contributed by atoms with Gasteiger partial charge in [0.1, 0.15) is 6.04 Å². The lowest BCUT2D eigenvalue weighted by Gasteiger charge is -2.22. The average molecular weight is 254 g/mol. The fraction of sp³-hybridized carbons (Fsp3) is 0.455. The van der Waals surface area contributed by atoms with Crippen LogP contribution in [0.15, 0.2) is 16.8 Å². The van der Waals surface area contributed by atoms with Gasteiger partial charge in [0.05, 0.1) is 12.7 Å². The van der Waals surface area contributed by atoms with Crippen LogP contribution in [-0.4, -0.2) is 36.4 Å². The summed E-state index contributed by atoms with van der Waals surface area (Å²) in [4.78, 5) is 30.0. The molecule has 1 fully saturated rings. The molecule has 1 aliphatic rings. The van der Waals surface area contributed by atoms with E-state index >= 15 is 0 Å². The minimum absolute atomic E-state index is 0.0833. The summed E-state index contributed by atoms with van der Waals surface area (Å²) >= 11 is 1.47. The van der Waals surface area contributed by atoms with Gasteiger partial charge in [0.15, 0.2) is 0 Å². The molecule has 0 spiro atoms. The van der Waals surface area contributed by atoms with Crippen molar-refractivity contribution in [3.05, 3.63) is 22.4 Å². The first-order valence-electron chi connectivity index (χ1n) is 5.40. The highest BCUT2D eigenvalue weighted by molar-refractivity contribution is 7.08. The highest BCUT2D eigenvalue weighted by Gasteiger charge is 2.34. The number of thiophene rings is 1. The maximum absolute atomic E-state index is 12.1. The molecule has 2 amide bonds. The van der Waals surface area contributed by atoms with Crippen LogP contribution in [0.5, 0.6) is 0 Å². The zero-order valence-corrected chi connectivity index (χ0v) is 10.3. The second kappa shape index (κ2) is 5.29. The van der Waals surface area contributed by atoms with Crippen LogP contribution in [0.1, 0.15) is 23.2 Å². The van der Waals surface area contributed by atoms with Crippen LogP contribution in [-0.2, 0) is 9.63 Å². The summed E-state index contributed by atoms with van der Waals surface area (Å²) in [5.74, 6) is -0.339. The molecule has 17 heavy (non-hydrogen) atoms. The monoisotopic (exact) mass is 254 g/mol. The Hall–Kier alpha value is -1.40. The largest absolute Gasteiger partial charge is 0.327 e. The average Bonchev–Trinajstić information content (AvgIpc) is 3.00. The molecule has 1 atom stereocenters. The third-order valence-corrected chi connectivity index (χ3v) is 3.47. The molecule has 2 rings (SSSR count). The quantitative estimate of drug-likeness (QED) is 0.820. The van der Waals surface area contributed by atoms with Crippen LogP contribution in [0.25, 0.3) is 0 Å². The highest BCUT2D eigenvalue weighted by Crippen LogP contribution is 2.21. The van der Waals surface area contributed by atoms with E-state index in [2.05, 4.69) is 10.3 Å². The molecule has 0 bridgehead atoms. The molecule has 0 unspecified atom stereocenters. The third kappa shape index (κ3) is 2.48. The van der Waals surface area contributed by atoms with Gasteiger partial charge in [0, 0.05) is 11.9 Å². The van der Waals surface area contributed by atoms with Crippen molar-refractivity contribution >= 4 is 23.2 Å². The van der Waals surface area contributed by atoms with Crippen molar-refractivity contribution in [1.29, 1.82) is 0 Å². The van der Waals surface area contributed by atoms with Gasteiger partial charge < -0.3 is 4.90 Å². The SMILES string of the molecule is CONC(=O)[C@@H]1CCCN1C(=O)c1ccsc1. The Labute approximate surface area is 103 Å². The van der Waals surface area contributed by atoms with Crippen molar-refractivity contribution in [3.63, 3.8) is 0 Å². The van der Waals surface area contributed by atoms with Crippen LogP contribution in [0, 0.1) is 0 Å². The molecular weight excluding hydrogens is 240 g/mol. The molecule has 0 aliphatic carbocycles. The highest BCUT2D eigenvalue weighted by atomic mass is 32.1. The Balaban J connectivity index is 2.09. The Kier molecular flexibility index (Phi) is 3.75. The van der Waals surface area contributed by atoms with Crippen molar-refractivity contribution in [3.8, 4) is 0 Å². The molecule has 1 N–H and O–H groups in total. The third-order valence-electron chi connectivity index (χ3n) is 2.79. The predicted octanol–water partition coefficient (Wildman–Crippen LogP) is 1.03. The van der Waals surface area contributed by atoms with Crippen molar-refractivity contribution in [2.24, 2.45) is 0 Å². The van der Waals surface area contributed by atoms with Gasteiger partial charge >= 0.3 is 0 Å². The lowest BCUT2D eigenvalue weighted by atomic mass is 10.2. The lowest BCUT2D eigenvalue weighted by Crippen LogP contribution is -2.45. The minimum atomic E-state index is -0.414. The molecule has 92 valence electrons. The first-order chi connectivity index (χ1) is 8.24. The molecule has 1 aromatic heterocycles. The number of carbonyl (C=O) groups excluding carboxylic acids is 2. The van der Waals surface area contributed by atoms with Gasteiger partial charge in [-0.25, -0.2) is 5.48 Å². The van der Waals surface area contributed by atoms with E-state index in [-0.39, 0.29) is 11.8 Å². The van der Waals surface area contributed by atoms with Gasteiger partial charge in [-0.05, 0) is 24.3 Å². The van der Waals surface area contributed by atoms with Gasteiger partial charge in [0.2, 0.25) is 0 Å². The molecule has 1 aromatic rings. The molecular formula is C11H14N2O3S. The lowest BCUT2D eigenvalue weighted by molar-refractivity contribution is -0.135. The van der Waals surface area contributed by atoms with E-state index in [4.69, 9.17) is 0 Å². The number of likely N-dealkylation sites (tertiary alicyclic amines) is 1. The number of nitrogens with zero attached hydrogens (tertiary/aromatic N) is 1. The van der Waals surface area contributed by atoms with E-state index in [0.29, 0.717) is 18.5 Å². The maximum Gasteiger partial charge on any atom is 0.266 e. The number of nitrogens with one attached hydrogen (secondary N) is 1. The first kappa shape index (κ1) is 12.1. The summed E-state index contributed by atoms with van der Waals surface area (Å²) in [6, 6.07) is 1.36. The van der Waals surface area contributed by atoms with Crippen LogP contribution in [0.3, 0.4) is 0 Å². The molecule has 2 heterocycles. The van der Waals surface area contributed by atoms with E-state index in [1.165, 1.54) is 18.4 Å². The van der Waals surface area contributed by atoms with Crippen molar-refractivity contribution in [2.45, 2.75) is 18.9 Å². The summed E-state index contributed by atoms with van der Waals surface area (Å²) in [5.41, 5.74) is 2.93. The van der Waals surface area contributed by atoms with E-state index in [9.17, 15) is 9.59 Å². The molecule has 0 saturated carbocycles. The van der Waals surface area contributed by atoms with Crippen molar-refractivity contribution in [1.82, 2.24) is 10.4 Å². The second-order valence-corrected chi connectivity index (χ2v) is 4.62. The minimum Gasteiger partial charge on any atom is -0.327 e. The van der Waals surface area contributed by atoms with Crippen LogP contribution >= 0.6 is 11.3 Å². The van der Waals surface area contributed by atoms with Crippen molar-refractivity contribution < 1.29 is 14.4 Å². The first-order valence-corrected chi connectivity index (χ1v) is 6.34. The maximum atomic E-state index is 12.1. The fourth-order valence-electron chi connectivity index (χ4n) is 2.00. The summed E-state index contributed by atoms with van der Waals surface area (Å²) in [7, 11) is 1.39. The number of carbonyl (C=O) groups is 2. The van der Waals surface area contributed by atoms with E-state index in [1.54, 1.807) is 16.3 Å². The topological polar surface area (TPSA) is 58.6 Å².